The zero-order chi connectivity index (χ0) is 29.6. The molecule has 2 unspecified atom stereocenters. The van der Waals surface area contributed by atoms with E-state index in [-0.39, 0.29) is 18.9 Å². The Hall–Kier alpha value is -4.73. The third-order valence-electron chi connectivity index (χ3n) is 6.49. The highest BCUT2D eigenvalue weighted by atomic mass is 16.6. The lowest BCUT2D eigenvalue weighted by Gasteiger charge is -2.23. The Kier molecular flexibility index (Phi) is 9.01. The van der Waals surface area contributed by atoms with Gasteiger partial charge in [0.15, 0.2) is 0 Å². The average molecular weight is 560 g/mol. The van der Waals surface area contributed by atoms with Crippen molar-refractivity contribution in [2.75, 3.05) is 6.61 Å². The second-order valence-corrected chi connectivity index (χ2v) is 10.7. The quantitative estimate of drug-likeness (QED) is 0.311. The maximum atomic E-state index is 12.9. The number of esters is 1. The number of nitrogens with one attached hydrogen (secondary N) is 2. The third kappa shape index (κ3) is 7.69. The van der Waals surface area contributed by atoms with Gasteiger partial charge in [0, 0.05) is 12.1 Å². The zero-order valence-corrected chi connectivity index (χ0v) is 23.1. The van der Waals surface area contributed by atoms with Crippen LogP contribution in [0.3, 0.4) is 0 Å². The molecule has 0 saturated carbocycles. The number of carbonyl (C=O) groups is 4. The summed E-state index contributed by atoms with van der Waals surface area (Å²) in [6, 6.07) is 18.3. The summed E-state index contributed by atoms with van der Waals surface area (Å²) in [5, 5.41) is 14.6. The molecule has 3 N–H and O–H groups in total. The number of hydrogen-bond donors (Lipinski definition) is 3. The molecular formula is C31H33N3O7. The van der Waals surface area contributed by atoms with Crippen molar-refractivity contribution in [2.45, 2.75) is 57.2 Å². The van der Waals surface area contributed by atoms with Crippen molar-refractivity contribution in [1.82, 2.24) is 15.6 Å². The van der Waals surface area contributed by atoms with E-state index in [2.05, 4.69) is 15.6 Å². The molecule has 0 spiro atoms. The van der Waals surface area contributed by atoms with Gasteiger partial charge in [0.2, 0.25) is 5.91 Å². The van der Waals surface area contributed by atoms with Gasteiger partial charge >= 0.3 is 18.0 Å². The van der Waals surface area contributed by atoms with E-state index in [9.17, 15) is 24.3 Å². The van der Waals surface area contributed by atoms with Crippen LogP contribution in [0.15, 0.2) is 72.9 Å². The molecule has 0 aliphatic heterocycles. The molecule has 0 bridgehead atoms. The lowest BCUT2D eigenvalue weighted by molar-refractivity contribution is -0.155. The molecule has 2 amide bonds. The molecule has 2 aromatic carbocycles. The molecule has 10 heteroatoms. The Labute approximate surface area is 238 Å². The van der Waals surface area contributed by atoms with Gasteiger partial charge in [-0.2, -0.15) is 0 Å². The van der Waals surface area contributed by atoms with Crippen molar-refractivity contribution in [3.8, 4) is 11.1 Å². The molecule has 1 aliphatic carbocycles. The Morgan fingerprint density at radius 3 is 2.05 bits per heavy atom. The van der Waals surface area contributed by atoms with Crippen LogP contribution in [0.25, 0.3) is 11.1 Å². The van der Waals surface area contributed by atoms with Crippen LogP contribution in [0.4, 0.5) is 4.79 Å². The van der Waals surface area contributed by atoms with Gasteiger partial charge in [-0.25, -0.2) is 9.59 Å². The summed E-state index contributed by atoms with van der Waals surface area (Å²) >= 11 is 0. The number of aliphatic carboxylic acids is 1. The second kappa shape index (κ2) is 12.6. The number of carboxylic acid groups (broad SMARTS) is 1. The summed E-state index contributed by atoms with van der Waals surface area (Å²) in [6.45, 7) is 5.18. The van der Waals surface area contributed by atoms with Crippen LogP contribution in [0.1, 0.15) is 62.4 Å². The topological polar surface area (TPSA) is 144 Å². The number of carboxylic acids is 1. The first-order chi connectivity index (χ1) is 19.5. The maximum Gasteiger partial charge on any atom is 0.407 e. The Morgan fingerprint density at radius 2 is 1.49 bits per heavy atom. The maximum absolute atomic E-state index is 12.9. The number of nitrogens with zero attached hydrogens (tertiary/aromatic N) is 1. The number of fused-ring (bicyclic) bond motifs is 3. The molecule has 2 atom stereocenters. The SMILES string of the molecule is CC(C)(C)OC(=O)CC(NC(=O)CC(NC(=O)OCC1c2ccccc2-c2ccccc21)C(=O)O)c1ccccn1. The fourth-order valence-electron chi connectivity index (χ4n) is 4.78. The second-order valence-electron chi connectivity index (χ2n) is 10.7. The standard InChI is InChI=1S/C31H33N3O7/c1-31(2,3)41-28(36)17-25(24-14-8-9-15-32-24)33-27(35)16-26(29(37)38)34-30(39)40-18-23-21-12-6-4-10-19(21)20-11-5-7-13-22(20)23/h4-15,23,25-26H,16-18H2,1-3H3,(H,33,35)(H,34,39)(H,37,38). The molecule has 0 radical (unpaired) electrons. The highest BCUT2D eigenvalue weighted by molar-refractivity contribution is 5.87. The van der Waals surface area contributed by atoms with Crippen molar-refractivity contribution >= 4 is 23.9 Å². The number of ether oxygens (including phenoxy) is 2. The van der Waals surface area contributed by atoms with Gasteiger partial charge in [0.1, 0.15) is 18.2 Å². The molecule has 0 saturated heterocycles. The number of rotatable bonds is 10. The molecule has 0 fully saturated rings. The van der Waals surface area contributed by atoms with Gasteiger partial charge in [-0.15, -0.1) is 0 Å². The van der Waals surface area contributed by atoms with E-state index in [1.165, 1.54) is 6.20 Å². The number of carbonyl (C=O) groups excluding carboxylic acids is 3. The minimum absolute atomic E-state index is 0.00393. The summed E-state index contributed by atoms with van der Waals surface area (Å²) in [6.07, 6.45) is -0.237. The lowest BCUT2D eigenvalue weighted by atomic mass is 9.98. The highest BCUT2D eigenvalue weighted by Crippen LogP contribution is 2.44. The first-order valence-electron chi connectivity index (χ1n) is 13.3. The molecule has 4 rings (SSSR count). The minimum atomic E-state index is -1.56. The number of pyridine rings is 1. The van der Waals surface area contributed by atoms with Gasteiger partial charge in [-0.3, -0.25) is 14.6 Å². The normalized spacial score (nSPS) is 13.7. The van der Waals surface area contributed by atoms with Gasteiger partial charge < -0.3 is 25.2 Å². The summed E-state index contributed by atoms with van der Waals surface area (Å²) < 4.78 is 10.8. The predicted octanol–water partition coefficient (Wildman–Crippen LogP) is 4.35. The number of aromatic nitrogens is 1. The number of amides is 2. The first-order valence-corrected chi connectivity index (χ1v) is 13.3. The first kappa shape index (κ1) is 29.3. The van der Waals surface area contributed by atoms with Crippen LogP contribution >= 0.6 is 0 Å². The molecule has 1 aromatic heterocycles. The van der Waals surface area contributed by atoms with Crippen LogP contribution in [0.2, 0.25) is 0 Å². The Bertz CT molecular complexity index is 1370. The average Bonchev–Trinajstić information content (AvgIpc) is 3.24. The largest absolute Gasteiger partial charge is 0.480 e. The van der Waals surface area contributed by atoms with E-state index in [1.807, 2.05) is 48.5 Å². The van der Waals surface area contributed by atoms with Gasteiger partial charge in [-0.05, 0) is 55.2 Å². The van der Waals surface area contributed by atoms with E-state index in [0.717, 1.165) is 22.3 Å². The summed E-state index contributed by atoms with van der Waals surface area (Å²) in [5.74, 6) is -2.86. The van der Waals surface area contributed by atoms with E-state index in [0.29, 0.717) is 5.69 Å². The van der Waals surface area contributed by atoms with Crippen LogP contribution in [0, 0.1) is 0 Å². The van der Waals surface area contributed by atoms with Crippen molar-refractivity contribution in [3.63, 3.8) is 0 Å². The van der Waals surface area contributed by atoms with Crippen LogP contribution in [-0.2, 0) is 23.9 Å². The van der Waals surface area contributed by atoms with Gasteiger partial charge in [-0.1, -0.05) is 54.6 Å². The number of hydrogen-bond acceptors (Lipinski definition) is 7. The highest BCUT2D eigenvalue weighted by Gasteiger charge is 2.31. The van der Waals surface area contributed by atoms with Crippen molar-refractivity contribution in [2.24, 2.45) is 0 Å². The van der Waals surface area contributed by atoms with Crippen LogP contribution < -0.4 is 10.6 Å². The molecule has 1 heterocycles. The van der Waals surface area contributed by atoms with Crippen molar-refractivity contribution in [3.05, 3.63) is 89.7 Å². The summed E-state index contributed by atoms with van der Waals surface area (Å²) in [5.41, 5.74) is 3.83. The van der Waals surface area contributed by atoms with E-state index in [4.69, 9.17) is 9.47 Å². The summed E-state index contributed by atoms with van der Waals surface area (Å²) in [4.78, 5) is 54.1. The van der Waals surface area contributed by atoms with Crippen molar-refractivity contribution in [1.29, 1.82) is 0 Å². The molecule has 1 aliphatic rings. The zero-order valence-electron chi connectivity index (χ0n) is 23.1. The fraction of sp³-hybridized carbons (Fsp3) is 0.323. The Morgan fingerprint density at radius 1 is 0.878 bits per heavy atom. The Balaban J connectivity index is 1.37. The van der Waals surface area contributed by atoms with E-state index >= 15 is 0 Å². The molecule has 3 aromatic rings. The van der Waals surface area contributed by atoms with Gasteiger partial charge in [0.05, 0.1) is 24.6 Å². The van der Waals surface area contributed by atoms with E-state index in [1.54, 1.807) is 39.0 Å². The monoisotopic (exact) mass is 559 g/mol. The smallest absolute Gasteiger partial charge is 0.407 e. The third-order valence-corrected chi connectivity index (χ3v) is 6.49. The number of benzene rings is 2. The molecular weight excluding hydrogens is 526 g/mol. The molecule has 10 nitrogen and oxygen atoms in total. The summed E-state index contributed by atoms with van der Waals surface area (Å²) in [7, 11) is 0. The number of alkyl carbamates (subject to hydrolysis) is 1. The van der Waals surface area contributed by atoms with Crippen molar-refractivity contribution < 1.29 is 33.8 Å². The molecule has 214 valence electrons. The van der Waals surface area contributed by atoms with Crippen LogP contribution in [0.5, 0.6) is 0 Å². The van der Waals surface area contributed by atoms with Gasteiger partial charge in [0.25, 0.3) is 0 Å². The fourth-order valence-corrected chi connectivity index (χ4v) is 4.78. The lowest BCUT2D eigenvalue weighted by Crippen LogP contribution is -2.45. The van der Waals surface area contributed by atoms with E-state index < -0.39 is 48.0 Å². The van der Waals surface area contributed by atoms with Crippen LogP contribution in [-0.4, -0.2) is 52.3 Å². The molecule has 41 heavy (non-hydrogen) atoms. The minimum Gasteiger partial charge on any atom is -0.480 e. The predicted molar refractivity (Wildman–Crippen MR) is 150 cm³/mol.